The largest absolute Gasteiger partial charge is 0.383 e. The molecule has 0 aliphatic carbocycles. The molecule has 0 amide bonds. The Morgan fingerprint density at radius 2 is 1.80 bits per heavy atom. The van der Waals surface area contributed by atoms with Crippen LogP contribution in [0.3, 0.4) is 0 Å². The Balaban J connectivity index is 1.45. The van der Waals surface area contributed by atoms with E-state index in [0.717, 1.165) is 54.3 Å². The van der Waals surface area contributed by atoms with E-state index >= 15 is 0 Å². The molecule has 6 nitrogen and oxygen atoms in total. The maximum Gasteiger partial charge on any atom is 0.227 e. The predicted molar refractivity (Wildman–Crippen MR) is 102 cm³/mol. The molecule has 0 saturated carbocycles. The summed E-state index contributed by atoms with van der Waals surface area (Å²) in [6.45, 7) is 3.82. The van der Waals surface area contributed by atoms with Crippen LogP contribution in [0.15, 0.2) is 42.5 Å². The minimum atomic E-state index is 0.420. The number of nitrogens with zero attached hydrogens (tertiary/aromatic N) is 4. The van der Waals surface area contributed by atoms with Crippen LogP contribution in [-0.4, -0.2) is 34.1 Å². The lowest BCUT2D eigenvalue weighted by atomic mass is 10.1. The van der Waals surface area contributed by atoms with E-state index in [1.165, 1.54) is 0 Å². The molecule has 25 heavy (non-hydrogen) atoms. The predicted octanol–water partition coefficient (Wildman–Crippen LogP) is 3.00. The molecule has 0 unspecified atom stereocenters. The number of rotatable bonds is 3. The Hall–Kier alpha value is -2.89. The molecule has 0 spiro atoms. The number of nitrogens with two attached hydrogens (primary N) is 1. The molecule has 6 heteroatoms. The molecular formula is C19H22N6. The molecule has 3 N–H and O–H groups in total. The smallest absolute Gasteiger partial charge is 0.227 e. The van der Waals surface area contributed by atoms with E-state index in [1.54, 1.807) is 0 Å². The lowest BCUT2D eigenvalue weighted by Crippen LogP contribution is -2.40. The van der Waals surface area contributed by atoms with Gasteiger partial charge in [0.2, 0.25) is 5.95 Å². The van der Waals surface area contributed by atoms with Gasteiger partial charge in [0.1, 0.15) is 11.6 Å². The molecule has 1 saturated heterocycles. The summed E-state index contributed by atoms with van der Waals surface area (Å²) in [5.41, 5.74) is 8.04. The number of benzene rings is 1. The number of aryl methyl sites for hydroxylation is 1. The first-order valence-electron chi connectivity index (χ1n) is 8.66. The summed E-state index contributed by atoms with van der Waals surface area (Å²) >= 11 is 0. The average Bonchev–Trinajstić information content (AvgIpc) is 2.62. The Morgan fingerprint density at radius 3 is 2.60 bits per heavy atom. The molecule has 128 valence electrons. The van der Waals surface area contributed by atoms with Crippen molar-refractivity contribution in [1.82, 2.24) is 15.0 Å². The van der Waals surface area contributed by atoms with E-state index in [-0.39, 0.29) is 0 Å². The van der Waals surface area contributed by atoms with Gasteiger partial charge in [0.15, 0.2) is 0 Å². The van der Waals surface area contributed by atoms with Crippen LogP contribution in [0.2, 0.25) is 0 Å². The van der Waals surface area contributed by atoms with Gasteiger partial charge in [-0.3, -0.25) is 0 Å². The van der Waals surface area contributed by atoms with E-state index < -0.39 is 0 Å². The normalized spacial score (nSPS) is 15.5. The van der Waals surface area contributed by atoms with E-state index in [1.807, 2.05) is 49.4 Å². The maximum atomic E-state index is 6.11. The highest BCUT2D eigenvalue weighted by molar-refractivity contribution is 5.88. The van der Waals surface area contributed by atoms with E-state index in [9.17, 15) is 0 Å². The Labute approximate surface area is 147 Å². The van der Waals surface area contributed by atoms with Gasteiger partial charge in [-0.1, -0.05) is 18.2 Å². The van der Waals surface area contributed by atoms with Crippen LogP contribution >= 0.6 is 0 Å². The van der Waals surface area contributed by atoms with Crippen LogP contribution in [0.25, 0.3) is 10.9 Å². The first-order chi connectivity index (χ1) is 12.2. The molecule has 1 aromatic carbocycles. The number of fused-ring (bicyclic) bond motifs is 1. The standard InChI is InChI=1S/C19H22N6/c1-13-5-4-8-17(21-13)22-14-9-11-25(12-10-14)19-23-16-7-3-2-6-15(16)18(20)24-19/h2-8,14H,9-12H2,1H3,(H,21,22)(H2,20,23,24). The molecule has 1 aliphatic rings. The second-order valence-corrected chi connectivity index (χ2v) is 6.50. The number of piperidine rings is 1. The maximum absolute atomic E-state index is 6.11. The Morgan fingerprint density at radius 1 is 1.00 bits per heavy atom. The van der Waals surface area contributed by atoms with Gasteiger partial charge in [0, 0.05) is 30.2 Å². The summed E-state index contributed by atoms with van der Waals surface area (Å²) in [5, 5.41) is 4.44. The third kappa shape index (κ3) is 3.33. The zero-order valence-electron chi connectivity index (χ0n) is 14.3. The molecule has 0 atom stereocenters. The minimum absolute atomic E-state index is 0.420. The van der Waals surface area contributed by atoms with Crippen molar-refractivity contribution in [2.75, 3.05) is 29.0 Å². The number of aromatic nitrogens is 3. The summed E-state index contributed by atoms with van der Waals surface area (Å²) in [5.74, 6) is 2.22. The van der Waals surface area contributed by atoms with Crippen LogP contribution in [-0.2, 0) is 0 Å². The van der Waals surface area contributed by atoms with Crippen molar-refractivity contribution >= 4 is 28.5 Å². The zero-order valence-corrected chi connectivity index (χ0v) is 14.3. The van der Waals surface area contributed by atoms with Crippen LogP contribution in [0, 0.1) is 6.92 Å². The topological polar surface area (TPSA) is 80.0 Å². The lowest BCUT2D eigenvalue weighted by molar-refractivity contribution is 0.519. The third-order valence-electron chi connectivity index (χ3n) is 4.64. The highest BCUT2D eigenvalue weighted by Gasteiger charge is 2.22. The third-order valence-corrected chi connectivity index (χ3v) is 4.64. The van der Waals surface area contributed by atoms with Crippen LogP contribution in [0.1, 0.15) is 18.5 Å². The Kier molecular flexibility index (Phi) is 4.09. The van der Waals surface area contributed by atoms with E-state index in [2.05, 4.69) is 25.2 Å². The van der Waals surface area contributed by atoms with E-state index in [0.29, 0.717) is 11.9 Å². The molecule has 2 aromatic heterocycles. The fourth-order valence-electron chi connectivity index (χ4n) is 3.29. The highest BCUT2D eigenvalue weighted by atomic mass is 15.3. The number of para-hydroxylation sites is 1. The zero-order chi connectivity index (χ0) is 17.2. The van der Waals surface area contributed by atoms with E-state index in [4.69, 9.17) is 5.73 Å². The van der Waals surface area contributed by atoms with Crippen LogP contribution in [0.5, 0.6) is 0 Å². The van der Waals surface area contributed by atoms with Crippen molar-refractivity contribution in [3.63, 3.8) is 0 Å². The number of pyridine rings is 1. The van der Waals surface area contributed by atoms with Crippen molar-refractivity contribution in [2.24, 2.45) is 0 Å². The average molecular weight is 334 g/mol. The fourth-order valence-corrected chi connectivity index (χ4v) is 3.29. The van der Waals surface area contributed by atoms with Gasteiger partial charge >= 0.3 is 0 Å². The molecular weight excluding hydrogens is 312 g/mol. The van der Waals surface area contributed by atoms with Gasteiger partial charge in [-0.15, -0.1) is 0 Å². The fraction of sp³-hybridized carbons (Fsp3) is 0.316. The second-order valence-electron chi connectivity index (χ2n) is 6.50. The molecule has 4 rings (SSSR count). The summed E-state index contributed by atoms with van der Waals surface area (Å²) in [7, 11) is 0. The summed E-state index contributed by atoms with van der Waals surface area (Å²) in [6, 6.07) is 14.4. The molecule has 0 radical (unpaired) electrons. The van der Waals surface area contributed by atoms with Gasteiger partial charge in [-0.25, -0.2) is 9.97 Å². The number of nitrogen functional groups attached to an aromatic ring is 1. The van der Waals surface area contributed by atoms with Crippen molar-refractivity contribution in [1.29, 1.82) is 0 Å². The second kappa shape index (κ2) is 6.55. The first kappa shape index (κ1) is 15.6. The van der Waals surface area contributed by atoms with Crippen molar-refractivity contribution in [3.05, 3.63) is 48.2 Å². The van der Waals surface area contributed by atoms with Crippen molar-refractivity contribution in [3.8, 4) is 0 Å². The molecule has 3 aromatic rings. The number of hydrogen-bond donors (Lipinski definition) is 2. The van der Waals surface area contributed by atoms with Crippen LogP contribution < -0.4 is 16.0 Å². The first-order valence-corrected chi connectivity index (χ1v) is 8.66. The SMILES string of the molecule is Cc1cccc(NC2CCN(c3nc(N)c4ccccc4n3)CC2)n1. The van der Waals surface area contributed by atoms with Gasteiger partial charge in [0.05, 0.1) is 5.52 Å². The van der Waals surface area contributed by atoms with Gasteiger partial charge < -0.3 is 16.0 Å². The van der Waals surface area contributed by atoms with Crippen molar-refractivity contribution < 1.29 is 0 Å². The van der Waals surface area contributed by atoms with Crippen molar-refractivity contribution in [2.45, 2.75) is 25.8 Å². The molecule has 0 bridgehead atoms. The summed E-state index contributed by atoms with van der Waals surface area (Å²) < 4.78 is 0. The Bertz CT molecular complexity index is 886. The monoisotopic (exact) mass is 334 g/mol. The number of anilines is 3. The van der Waals surface area contributed by atoms with Gasteiger partial charge in [0.25, 0.3) is 0 Å². The number of nitrogens with one attached hydrogen (secondary N) is 1. The molecule has 3 heterocycles. The van der Waals surface area contributed by atoms with Gasteiger partial charge in [-0.2, -0.15) is 4.98 Å². The molecule has 1 aliphatic heterocycles. The highest BCUT2D eigenvalue weighted by Crippen LogP contribution is 2.24. The summed E-state index contributed by atoms with van der Waals surface area (Å²) in [4.78, 5) is 15.9. The minimum Gasteiger partial charge on any atom is -0.383 e. The summed E-state index contributed by atoms with van der Waals surface area (Å²) in [6.07, 6.45) is 2.04. The molecule has 1 fully saturated rings. The lowest BCUT2D eigenvalue weighted by Gasteiger charge is -2.32. The quantitative estimate of drug-likeness (QED) is 0.766. The van der Waals surface area contributed by atoms with Gasteiger partial charge in [-0.05, 0) is 44.0 Å². The number of hydrogen-bond acceptors (Lipinski definition) is 6. The van der Waals surface area contributed by atoms with Crippen LogP contribution in [0.4, 0.5) is 17.6 Å².